The standard InChI is InChI=1S/C40H63N17O9/c1-21(2)16-29-37(65)52-27(7-5-14-47-39(43)44)35(63)48-19-31(58)50-28(12-13-32(59)60)36(64)54-30(17-22-8-10-23(11-9-22)49-40(45)46)38(66)51-26(33(42)61)6-3-4-15-57-20-24(55-56-57)18-25(41)34(62)53-29/h8-11,20-21,25-30H,3-7,12-19,41H2,1-2H3,(H2,42,61)(H,48,63)(H,50,58)(H,51,66)(H,52,65)(H,53,62)(H,54,64)(H,59,60)(H4,43,44,47)(H4,45,46,49)/t25-,26-,27-,28-,29-,30-/m1/s1. The van der Waals surface area contributed by atoms with Gasteiger partial charge in [0, 0.05) is 38.5 Å². The highest BCUT2D eigenvalue weighted by atomic mass is 16.4. The van der Waals surface area contributed by atoms with Crippen molar-refractivity contribution in [3.8, 4) is 0 Å². The number of primary amides is 1. The molecule has 7 amide bonds. The normalized spacial score (nSPS) is 22.2. The second-order valence-electron chi connectivity index (χ2n) is 16.2. The summed E-state index contributed by atoms with van der Waals surface area (Å²) >= 11 is 0. The Hall–Kier alpha value is -7.38. The van der Waals surface area contributed by atoms with Gasteiger partial charge in [-0.3, -0.25) is 48.0 Å². The molecule has 362 valence electrons. The van der Waals surface area contributed by atoms with Crippen molar-refractivity contribution in [2.24, 2.45) is 50.3 Å². The van der Waals surface area contributed by atoms with E-state index in [4.69, 9.17) is 34.4 Å². The average molecular weight is 926 g/mol. The van der Waals surface area contributed by atoms with Crippen LogP contribution in [0.5, 0.6) is 0 Å². The molecule has 0 saturated carbocycles. The van der Waals surface area contributed by atoms with E-state index in [1.807, 2.05) is 13.8 Å². The number of carboxylic acid groups (broad SMARTS) is 1. The van der Waals surface area contributed by atoms with Crippen LogP contribution in [0.3, 0.4) is 0 Å². The SMILES string of the molecule is CC(C)C[C@H]1NC(=O)[C@H](N)Cc2cn(nn2)CCCC[C@H](C(N)=O)NC(=O)[C@@H](Cc2ccc(N=C(N)N)cc2)NC(=O)[C@@H](CCC(=O)O)NC(=O)CNC(=O)[C@@H](CCCN=C(N)N)NC1=O. The van der Waals surface area contributed by atoms with Crippen LogP contribution in [0.4, 0.5) is 5.69 Å². The second-order valence-corrected chi connectivity index (χ2v) is 16.2. The van der Waals surface area contributed by atoms with Crippen LogP contribution in [0.15, 0.2) is 40.4 Å². The number of nitrogens with one attached hydrogen (secondary N) is 6. The van der Waals surface area contributed by atoms with Crippen LogP contribution >= 0.6 is 0 Å². The van der Waals surface area contributed by atoms with Gasteiger partial charge in [-0.05, 0) is 68.6 Å². The molecule has 0 radical (unpaired) electrons. The smallest absolute Gasteiger partial charge is 0.303 e. The number of hydrogen-bond acceptors (Lipinski definition) is 13. The number of benzene rings is 1. The van der Waals surface area contributed by atoms with Crippen LogP contribution in [0.25, 0.3) is 0 Å². The van der Waals surface area contributed by atoms with Crippen LogP contribution in [0.1, 0.15) is 76.5 Å². The number of hydrogen-bond donors (Lipinski definition) is 13. The first kappa shape index (κ1) is 53.0. The molecule has 0 saturated heterocycles. The Kier molecular flexibility index (Phi) is 21.2. The largest absolute Gasteiger partial charge is 0.481 e. The Morgan fingerprint density at radius 1 is 0.803 bits per heavy atom. The predicted molar refractivity (Wildman–Crippen MR) is 239 cm³/mol. The maximum Gasteiger partial charge on any atom is 0.303 e. The number of amides is 7. The molecule has 0 fully saturated rings. The summed E-state index contributed by atoms with van der Waals surface area (Å²) in [5.74, 6) is -7.57. The van der Waals surface area contributed by atoms with E-state index in [1.54, 1.807) is 30.5 Å². The topological polar surface area (TPSA) is 441 Å². The van der Waals surface area contributed by atoms with Crippen molar-refractivity contribution < 1.29 is 43.5 Å². The lowest BCUT2D eigenvalue weighted by Gasteiger charge is -2.26. The number of rotatable bonds is 13. The molecule has 2 bridgehead atoms. The van der Waals surface area contributed by atoms with E-state index in [2.05, 4.69) is 52.2 Å². The van der Waals surface area contributed by atoms with E-state index < -0.39 is 103 Å². The fraction of sp³-hybridized carbons (Fsp3) is 0.550. The summed E-state index contributed by atoms with van der Waals surface area (Å²) in [6, 6.07) is -1.39. The zero-order valence-corrected chi connectivity index (χ0v) is 37.0. The first-order chi connectivity index (χ1) is 31.2. The number of fused-ring (bicyclic) bond motifs is 2. The first-order valence-corrected chi connectivity index (χ1v) is 21.4. The molecule has 0 aliphatic carbocycles. The van der Waals surface area contributed by atoms with Gasteiger partial charge in [0.2, 0.25) is 41.4 Å². The number of guanidine groups is 2. The van der Waals surface area contributed by atoms with Gasteiger partial charge in [-0.2, -0.15) is 0 Å². The number of carboxylic acids is 1. The van der Waals surface area contributed by atoms with Crippen molar-refractivity contribution in [1.29, 1.82) is 0 Å². The minimum absolute atomic E-state index is 0.0196. The minimum atomic E-state index is -1.54. The summed E-state index contributed by atoms with van der Waals surface area (Å²) in [5.41, 5.74) is 35.1. The third-order valence-electron chi connectivity index (χ3n) is 10.0. The molecule has 0 spiro atoms. The number of aliphatic imine (C=N–C) groups is 2. The monoisotopic (exact) mass is 925 g/mol. The van der Waals surface area contributed by atoms with Gasteiger partial charge in [0.25, 0.3) is 0 Å². The number of carbonyl (C=O) groups is 8. The van der Waals surface area contributed by atoms with Gasteiger partial charge in [-0.25, -0.2) is 4.99 Å². The molecular weight excluding hydrogens is 863 g/mol. The molecule has 3 rings (SSSR count). The Morgan fingerprint density at radius 2 is 1.44 bits per heavy atom. The second kappa shape index (κ2) is 26.4. The van der Waals surface area contributed by atoms with Gasteiger partial charge in [-0.1, -0.05) is 31.2 Å². The summed E-state index contributed by atoms with van der Waals surface area (Å²) in [6.45, 7) is 3.32. The number of aliphatic carboxylic acids is 1. The van der Waals surface area contributed by atoms with Crippen LogP contribution in [0, 0.1) is 5.92 Å². The van der Waals surface area contributed by atoms with Crippen LogP contribution in [-0.2, 0) is 57.7 Å². The lowest BCUT2D eigenvalue weighted by atomic mass is 10.0. The van der Waals surface area contributed by atoms with Gasteiger partial charge in [0.15, 0.2) is 11.9 Å². The molecule has 26 nitrogen and oxygen atoms in total. The van der Waals surface area contributed by atoms with E-state index in [0.717, 1.165) is 0 Å². The summed E-state index contributed by atoms with van der Waals surface area (Å²) in [4.78, 5) is 114. The summed E-state index contributed by atoms with van der Waals surface area (Å²) in [5, 5.41) is 33.0. The van der Waals surface area contributed by atoms with E-state index in [-0.39, 0.29) is 62.9 Å². The third-order valence-corrected chi connectivity index (χ3v) is 10.0. The number of aromatic nitrogens is 3. The van der Waals surface area contributed by atoms with E-state index in [9.17, 15) is 43.5 Å². The molecule has 1 aliphatic heterocycles. The van der Waals surface area contributed by atoms with Crippen LogP contribution in [0.2, 0.25) is 0 Å². The Labute approximate surface area is 380 Å². The molecule has 6 atom stereocenters. The molecule has 2 aromatic rings. The number of nitrogens with zero attached hydrogens (tertiary/aromatic N) is 5. The van der Waals surface area contributed by atoms with E-state index in [1.165, 1.54) is 4.68 Å². The van der Waals surface area contributed by atoms with Crippen LogP contribution < -0.4 is 66.3 Å². The number of carbonyl (C=O) groups excluding carboxylic acids is 7. The quantitative estimate of drug-likeness (QED) is 0.0511. The highest BCUT2D eigenvalue weighted by Crippen LogP contribution is 2.15. The van der Waals surface area contributed by atoms with Gasteiger partial charge in [-0.15, -0.1) is 5.10 Å². The Balaban J connectivity index is 1.99. The third kappa shape index (κ3) is 19.2. The highest BCUT2D eigenvalue weighted by Gasteiger charge is 2.32. The summed E-state index contributed by atoms with van der Waals surface area (Å²) in [6.07, 6.45) is 1.62. The number of aryl methyl sites for hydroxylation is 1. The molecule has 0 unspecified atom stereocenters. The van der Waals surface area contributed by atoms with Crippen molar-refractivity contribution in [3.63, 3.8) is 0 Å². The first-order valence-electron chi connectivity index (χ1n) is 21.4. The fourth-order valence-corrected chi connectivity index (χ4v) is 6.71. The predicted octanol–water partition coefficient (Wildman–Crippen LogP) is -4.53. The van der Waals surface area contributed by atoms with Gasteiger partial charge < -0.3 is 71.4 Å². The molecule has 66 heavy (non-hydrogen) atoms. The van der Waals surface area contributed by atoms with Crippen molar-refractivity contribution >= 4 is 64.9 Å². The molecule has 1 aromatic heterocycles. The van der Waals surface area contributed by atoms with E-state index in [0.29, 0.717) is 36.3 Å². The number of nitrogens with two attached hydrogens (primary N) is 6. The summed E-state index contributed by atoms with van der Waals surface area (Å²) < 4.78 is 1.52. The van der Waals surface area contributed by atoms with Gasteiger partial charge in [0.1, 0.15) is 30.2 Å². The van der Waals surface area contributed by atoms with Crippen molar-refractivity contribution in [2.45, 2.75) is 121 Å². The zero-order chi connectivity index (χ0) is 48.9. The van der Waals surface area contributed by atoms with Crippen molar-refractivity contribution in [3.05, 3.63) is 41.7 Å². The van der Waals surface area contributed by atoms with Crippen molar-refractivity contribution in [1.82, 2.24) is 46.9 Å². The van der Waals surface area contributed by atoms with Gasteiger partial charge in [0.05, 0.1) is 24.0 Å². The molecule has 19 N–H and O–H groups in total. The lowest BCUT2D eigenvalue weighted by Crippen LogP contribution is -2.58. The highest BCUT2D eigenvalue weighted by molar-refractivity contribution is 5.96. The Morgan fingerprint density at radius 3 is 2.08 bits per heavy atom. The summed E-state index contributed by atoms with van der Waals surface area (Å²) in [7, 11) is 0. The molecule has 2 heterocycles. The average Bonchev–Trinajstić information content (AvgIpc) is 3.69. The zero-order valence-electron chi connectivity index (χ0n) is 37.0. The fourth-order valence-electron chi connectivity index (χ4n) is 6.71. The molecular formula is C40H63N17O9. The minimum Gasteiger partial charge on any atom is -0.481 e. The van der Waals surface area contributed by atoms with Crippen molar-refractivity contribution in [2.75, 3.05) is 13.1 Å². The van der Waals surface area contributed by atoms with Gasteiger partial charge >= 0.3 is 5.97 Å². The maximum atomic E-state index is 13.9. The Bertz CT molecular complexity index is 2070. The molecule has 26 heteroatoms. The van der Waals surface area contributed by atoms with E-state index >= 15 is 0 Å². The molecule has 1 aromatic carbocycles. The maximum absolute atomic E-state index is 13.9. The molecule has 1 aliphatic rings. The van der Waals surface area contributed by atoms with Crippen LogP contribution in [-0.4, -0.2) is 129 Å². The lowest BCUT2D eigenvalue weighted by molar-refractivity contribution is -0.138.